The number of carboxylic acid groups (broad SMARTS) is 1. The molecule has 21 N–H and O–H groups in total. The Morgan fingerprint density at radius 3 is 1.47 bits per heavy atom. The summed E-state index contributed by atoms with van der Waals surface area (Å²) >= 11 is 0. The van der Waals surface area contributed by atoms with Crippen LogP contribution in [0, 0.1) is 5.92 Å². The molecular formula is C74H93N17O16. The molecule has 13 amide bonds. The van der Waals surface area contributed by atoms with Gasteiger partial charge in [0.15, 0.2) is 0 Å². The Bertz CT molecular complexity index is 4370. The summed E-state index contributed by atoms with van der Waals surface area (Å²) in [5.74, 6) is -13.7. The third kappa shape index (κ3) is 22.5. The molecule has 11 atom stereocenters. The van der Waals surface area contributed by atoms with Crippen molar-refractivity contribution in [2.24, 2.45) is 23.1 Å². The highest BCUT2D eigenvalue weighted by atomic mass is 16.4. The molecule has 570 valence electrons. The van der Waals surface area contributed by atoms with Gasteiger partial charge in [-0.15, -0.1) is 0 Å². The summed E-state index contributed by atoms with van der Waals surface area (Å²) in [4.78, 5) is 204. The normalized spacial score (nSPS) is 15.5. The number of aliphatic hydroxyl groups excluding tert-OH is 1. The van der Waals surface area contributed by atoms with E-state index >= 15 is 19.2 Å². The number of H-pyrrole nitrogens is 3. The molecule has 1 saturated heterocycles. The summed E-state index contributed by atoms with van der Waals surface area (Å²) in [6.45, 7) is 3.15. The van der Waals surface area contributed by atoms with Crippen LogP contribution in [-0.2, 0) is 92.8 Å². The molecule has 33 heteroatoms. The lowest BCUT2D eigenvalue weighted by molar-refractivity contribution is -0.142. The van der Waals surface area contributed by atoms with Crippen LogP contribution >= 0.6 is 0 Å². The number of hydrogen-bond acceptors (Lipinski definition) is 16. The molecule has 4 heterocycles. The van der Waals surface area contributed by atoms with Crippen LogP contribution < -0.4 is 70.4 Å². The van der Waals surface area contributed by atoms with Crippen molar-refractivity contribution in [2.45, 2.75) is 158 Å². The van der Waals surface area contributed by atoms with Gasteiger partial charge < -0.3 is 100 Å². The van der Waals surface area contributed by atoms with Gasteiger partial charge in [-0.1, -0.05) is 105 Å². The molecule has 107 heavy (non-hydrogen) atoms. The van der Waals surface area contributed by atoms with E-state index in [0.29, 0.717) is 74.2 Å². The van der Waals surface area contributed by atoms with Gasteiger partial charge in [0.05, 0.1) is 26.0 Å². The average molecular weight is 1480 g/mol. The summed E-state index contributed by atoms with van der Waals surface area (Å²) < 4.78 is 0. The molecule has 33 nitrogen and oxygen atoms in total. The number of primary amides is 2. The molecule has 7 aromatic rings. The van der Waals surface area contributed by atoms with Gasteiger partial charge >= 0.3 is 5.97 Å². The first-order chi connectivity index (χ1) is 51.2. The highest BCUT2D eigenvalue weighted by molar-refractivity contribution is 6.01. The van der Waals surface area contributed by atoms with E-state index in [0.717, 1.165) is 6.92 Å². The predicted octanol–water partition coefficient (Wildman–Crippen LogP) is -1.11. The van der Waals surface area contributed by atoms with Gasteiger partial charge in [0.2, 0.25) is 76.8 Å². The second kappa shape index (κ2) is 38.7. The van der Waals surface area contributed by atoms with Crippen molar-refractivity contribution < 1.29 is 77.3 Å². The van der Waals surface area contributed by atoms with Crippen LogP contribution in [0.25, 0.3) is 32.7 Å². The molecule has 0 spiro atoms. The number of carbonyl (C=O) groups excluding carboxylic acids is 13. The molecule has 1 fully saturated rings. The van der Waals surface area contributed by atoms with Crippen molar-refractivity contribution >= 4 is 115 Å². The van der Waals surface area contributed by atoms with Crippen molar-refractivity contribution in [3.05, 3.63) is 144 Å². The van der Waals surface area contributed by atoms with Crippen LogP contribution in [0.15, 0.2) is 122 Å². The maximum absolute atomic E-state index is 15.5. The number of aliphatic hydroxyl groups is 1. The minimum atomic E-state index is -1.75. The van der Waals surface area contributed by atoms with Crippen molar-refractivity contribution in [1.29, 1.82) is 0 Å². The van der Waals surface area contributed by atoms with Gasteiger partial charge in [-0.2, -0.15) is 0 Å². The second-order valence-corrected chi connectivity index (χ2v) is 26.5. The SMILES string of the molecule is CC[C@H](C)[C@H](NC(=O)CNC(=O)[C@@H]1CCCN1C(=O)[C@H](Cc1c[nH]c2ccccc12)NC(=O)[C@H](Cc1c[nH]c2ccccc12)NC(=O)[C@@H](CCCCN)NC(=O)[C@H](Cc1c[nH]c2ccccc12)NC(=O)[C@H](CC(N)=O)NC(=O)[C@H](CO)NC(C)=O)C(=O)N[C@@H](Cc1ccccc1)C(=O)N[C@@H](CC(=O)O)C(N)=O. The lowest BCUT2D eigenvalue weighted by Gasteiger charge is -2.30. The van der Waals surface area contributed by atoms with Gasteiger partial charge in [0.25, 0.3) is 0 Å². The van der Waals surface area contributed by atoms with Crippen LogP contribution in [-0.4, -0.2) is 199 Å². The molecule has 0 aliphatic carbocycles. The van der Waals surface area contributed by atoms with E-state index in [4.69, 9.17) is 17.2 Å². The number of carboxylic acids is 1. The maximum Gasteiger partial charge on any atom is 0.305 e. The standard InChI is InChI=1S/C74H93N17O16/c1-4-40(2)64(73(106)88-54(29-42-17-6-5-7-18-42)67(100)84-53(65(77)98)34-63(96)97)90-62(95)38-81-72(105)60-26-16-28-91(60)74(107)58(32-45-37-80-51-24-13-10-21-48(45)51)89-69(102)56(31-44-36-79-50-23-12-9-20-47(44)50)85-66(99)52(25-14-15-27-75)83-68(101)55(30-43-35-78-49-22-11-8-19-46(43)49)86-70(103)57(33-61(76)94)87-71(104)59(39-92)82-41(3)93/h5-13,17-24,35-37,40,52-60,64,78-80,92H,4,14-16,25-34,38-39,75H2,1-3H3,(H2,76,94)(H2,77,98)(H,81,105)(H,82,93)(H,83,101)(H,84,100)(H,85,99)(H,86,103)(H,87,104)(H,88,106)(H,89,102)(H,90,95)(H,96,97)/t40-,52+,53-,54-,55-,56-,57-,58-,59-,60-,64-/m0/s1. The number of aromatic amines is 3. The Labute approximate surface area is 614 Å². The number of carbonyl (C=O) groups is 14. The monoisotopic (exact) mass is 1480 g/mol. The third-order valence-corrected chi connectivity index (χ3v) is 18.7. The zero-order valence-corrected chi connectivity index (χ0v) is 59.5. The fourth-order valence-corrected chi connectivity index (χ4v) is 12.9. The van der Waals surface area contributed by atoms with E-state index in [1.807, 2.05) is 24.3 Å². The van der Waals surface area contributed by atoms with E-state index in [1.54, 1.807) is 111 Å². The number of rotatable bonds is 40. The van der Waals surface area contributed by atoms with Crippen molar-refractivity contribution in [3.63, 3.8) is 0 Å². The Morgan fingerprint density at radius 2 is 0.972 bits per heavy atom. The van der Waals surface area contributed by atoms with Gasteiger partial charge in [0, 0.05) is 90.5 Å². The molecule has 0 unspecified atom stereocenters. The number of hydrogen-bond donors (Lipinski definition) is 18. The molecule has 1 aliphatic heterocycles. The smallest absolute Gasteiger partial charge is 0.305 e. The Hall–Kier alpha value is -12.0. The third-order valence-electron chi connectivity index (χ3n) is 18.7. The summed E-state index contributed by atoms with van der Waals surface area (Å²) in [5.41, 5.74) is 21.2. The molecule has 1 aliphatic rings. The van der Waals surface area contributed by atoms with Crippen molar-refractivity contribution in [2.75, 3.05) is 26.2 Å². The van der Waals surface area contributed by atoms with E-state index in [1.165, 1.54) is 4.90 Å². The number of para-hydroxylation sites is 3. The number of nitrogens with two attached hydrogens (primary N) is 3. The molecule has 3 aromatic heterocycles. The molecule has 4 aromatic carbocycles. The average Bonchev–Trinajstić information content (AvgIpc) is 1.73. The summed E-state index contributed by atoms with van der Waals surface area (Å²) in [7, 11) is 0. The molecule has 8 rings (SSSR count). The van der Waals surface area contributed by atoms with E-state index in [-0.39, 0.29) is 58.0 Å². The van der Waals surface area contributed by atoms with Gasteiger partial charge in [-0.25, -0.2) is 0 Å². The highest BCUT2D eigenvalue weighted by Gasteiger charge is 2.41. The van der Waals surface area contributed by atoms with Crippen LogP contribution in [0.2, 0.25) is 0 Å². The van der Waals surface area contributed by atoms with Crippen LogP contribution in [0.1, 0.15) is 94.4 Å². The number of likely N-dealkylation sites (tertiary alicyclic amines) is 1. The minimum Gasteiger partial charge on any atom is -0.481 e. The van der Waals surface area contributed by atoms with E-state index in [9.17, 15) is 58.2 Å². The van der Waals surface area contributed by atoms with E-state index in [2.05, 4.69) is 68.1 Å². The largest absolute Gasteiger partial charge is 0.481 e. The van der Waals surface area contributed by atoms with Crippen molar-refractivity contribution in [1.82, 2.24) is 73.0 Å². The number of amides is 13. The Morgan fingerprint density at radius 1 is 0.523 bits per heavy atom. The molecule has 0 radical (unpaired) electrons. The summed E-state index contributed by atoms with van der Waals surface area (Å²) in [6, 6.07) is 15.2. The second-order valence-electron chi connectivity index (χ2n) is 26.5. The first kappa shape index (κ1) is 80.7. The number of nitrogens with one attached hydrogen (secondary N) is 13. The fraction of sp³-hybridized carbons (Fsp3) is 0.405. The number of aromatic nitrogens is 3. The first-order valence-corrected chi connectivity index (χ1v) is 35.3. The van der Waals surface area contributed by atoms with Crippen LogP contribution in [0.5, 0.6) is 0 Å². The number of unbranched alkanes of at least 4 members (excludes halogenated alkanes) is 1. The zero-order chi connectivity index (χ0) is 77.4. The minimum absolute atomic E-state index is 0.0263. The lowest BCUT2D eigenvalue weighted by atomic mass is 9.97. The topological polar surface area (TPSA) is 528 Å². The Kier molecular flexibility index (Phi) is 29.2. The molecule has 0 saturated carbocycles. The Balaban J connectivity index is 1.04. The number of fused-ring (bicyclic) bond motifs is 3. The first-order valence-electron chi connectivity index (χ1n) is 35.3. The maximum atomic E-state index is 15.5. The number of benzene rings is 4. The quantitative estimate of drug-likeness (QED) is 0.0203. The molecule has 0 bridgehead atoms. The van der Waals surface area contributed by atoms with Crippen LogP contribution in [0.3, 0.4) is 0 Å². The van der Waals surface area contributed by atoms with Crippen LogP contribution in [0.4, 0.5) is 0 Å². The summed E-state index contributed by atoms with van der Waals surface area (Å²) in [5, 5.41) is 47.3. The van der Waals surface area contributed by atoms with Gasteiger partial charge in [-0.3, -0.25) is 67.1 Å². The fourth-order valence-electron chi connectivity index (χ4n) is 12.9. The van der Waals surface area contributed by atoms with Gasteiger partial charge in [-0.05, 0) is 85.0 Å². The zero-order valence-electron chi connectivity index (χ0n) is 59.5. The predicted molar refractivity (Wildman–Crippen MR) is 392 cm³/mol. The number of aliphatic carboxylic acids is 1. The lowest BCUT2D eigenvalue weighted by Crippen LogP contribution is -2.61. The molecular weight excluding hydrogens is 1380 g/mol. The number of nitrogens with zero attached hydrogens (tertiary/aromatic N) is 1. The van der Waals surface area contributed by atoms with Crippen molar-refractivity contribution in [3.8, 4) is 0 Å². The summed E-state index contributed by atoms with van der Waals surface area (Å²) in [6.07, 6.45) is 3.96. The van der Waals surface area contributed by atoms with E-state index < -0.39 is 175 Å². The van der Waals surface area contributed by atoms with Gasteiger partial charge in [0.1, 0.15) is 60.4 Å². The highest BCUT2D eigenvalue weighted by Crippen LogP contribution is 2.26.